The number of anilines is 1. The molecule has 1 fully saturated rings. The topological polar surface area (TPSA) is 69.6 Å². The number of para-hydroxylation sites is 2. The van der Waals surface area contributed by atoms with Crippen molar-refractivity contribution in [2.75, 3.05) is 5.32 Å². The minimum Gasteiger partial charge on any atom is -0.507 e. The first-order chi connectivity index (χ1) is 12.5. The highest BCUT2D eigenvalue weighted by molar-refractivity contribution is 8.26. The average molecular weight is 384 g/mol. The van der Waals surface area contributed by atoms with Gasteiger partial charge in [0.1, 0.15) is 16.1 Å². The zero-order valence-corrected chi connectivity index (χ0v) is 15.5. The van der Waals surface area contributed by atoms with Crippen molar-refractivity contribution < 1.29 is 14.7 Å². The maximum atomic E-state index is 12.7. The molecule has 0 aromatic heterocycles. The van der Waals surface area contributed by atoms with E-state index in [0.29, 0.717) is 20.5 Å². The molecule has 132 valence electrons. The van der Waals surface area contributed by atoms with E-state index >= 15 is 0 Å². The molecule has 3 rings (SSSR count). The average Bonchev–Trinajstić information content (AvgIpc) is 2.90. The van der Waals surface area contributed by atoms with Crippen LogP contribution in [0, 0.1) is 0 Å². The third kappa shape index (κ3) is 3.79. The molecule has 26 heavy (non-hydrogen) atoms. The summed E-state index contributed by atoms with van der Waals surface area (Å²) >= 11 is 6.40. The molecular formula is C19H16N2O3S2. The number of benzene rings is 2. The van der Waals surface area contributed by atoms with Gasteiger partial charge in [-0.1, -0.05) is 60.4 Å². The molecule has 1 atom stereocenters. The third-order valence-electron chi connectivity index (χ3n) is 3.85. The number of aromatic hydroxyl groups is 1. The molecule has 0 radical (unpaired) electrons. The summed E-state index contributed by atoms with van der Waals surface area (Å²) in [5, 5.41) is 12.6. The van der Waals surface area contributed by atoms with E-state index < -0.39 is 6.04 Å². The van der Waals surface area contributed by atoms with Crippen LogP contribution in [0.1, 0.15) is 12.5 Å². The van der Waals surface area contributed by atoms with Gasteiger partial charge in [-0.2, -0.15) is 0 Å². The number of rotatable bonds is 4. The molecule has 1 unspecified atom stereocenters. The number of thioether (sulfide) groups is 1. The predicted octanol–water partition coefficient (Wildman–Crippen LogP) is 3.62. The van der Waals surface area contributed by atoms with Crippen LogP contribution >= 0.6 is 24.0 Å². The number of phenolic OH excluding ortho intramolecular Hbond substituents is 1. The Kier molecular flexibility index (Phi) is 5.39. The Labute approximate surface area is 160 Å². The zero-order chi connectivity index (χ0) is 18.7. The largest absolute Gasteiger partial charge is 0.507 e. The molecule has 5 nitrogen and oxygen atoms in total. The van der Waals surface area contributed by atoms with Crippen molar-refractivity contribution in [3.63, 3.8) is 0 Å². The Bertz CT molecular complexity index is 897. The van der Waals surface area contributed by atoms with E-state index in [1.807, 2.05) is 18.2 Å². The fraction of sp³-hybridized carbons (Fsp3) is 0.105. The molecule has 2 aromatic carbocycles. The Balaban J connectivity index is 1.78. The van der Waals surface area contributed by atoms with Gasteiger partial charge in [0.25, 0.3) is 5.91 Å². The maximum absolute atomic E-state index is 12.7. The van der Waals surface area contributed by atoms with Crippen LogP contribution in [0.4, 0.5) is 5.69 Å². The Hall–Kier alpha value is -2.64. The molecule has 7 heteroatoms. The maximum Gasteiger partial charge on any atom is 0.266 e. The molecule has 1 aliphatic rings. The summed E-state index contributed by atoms with van der Waals surface area (Å²) in [5.41, 5.74) is 1.17. The first kappa shape index (κ1) is 18.2. The number of nitrogens with zero attached hydrogens (tertiary/aromatic N) is 1. The molecule has 2 N–H and O–H groups in total. The van der Waals surface area contributed by atoms with Crippen molar-refractivity contribution in [1.82, 2.24) is 4.90 Å². The van der Waals surface area contributed by atoms with Crippen molar-refractivity contribution in [3.05, 3.63) is 65.1 Å². The molecule has 0 bridgehead atoms. The smallest absolute Gasteiger partial charge is 0.266 e. The van der Waals surface area contributed by atoms with E-state index in [-0.39, 0.29) is 17.6 Å². The molecule has 1 saturated heterocycles. The first-order valence-corrected chi connectivity index (χ1v) is 9.11. The van der Waals surface area contributed by atoms with Gasteiger partial charge in [0.2, 0.25) is 5.91 Å². The summed E-state index contributed by atoms with van der Waals surface area (Å²) < 4.78 is 0.312. The minimum atomic E-state index is -0.752. The summed E-state index contributed by atoms with van der Waals surface area (Å²) in [6.45, 7) is 1.63. The predicted molar refractivity (Wildman–Crippen MR) is 108 cm³/mol. The number of phenols is 1. The molecule has 0 spiro atoms. The van der Waals surface area contributed by atoms with E-state index in [2.05, 4.69) is 5.32 Å². The van der Waals surface area contributed by atoms with Crippen LogP contribution in [0.25, 0.3) is 6.08 Å². The normalized spacial score (nSPS) is 16.8. The lowest BCUT2D eigenvalue weighted by Gasteiger charge is -2.22. The lowest BCUT2D eigenvalue weighted by molar-refractivity contribution is -0.129. The van der Waals surface area contributed by atoms with Crippen molar-refractivity contribution in [2.24, 2.45) is 0 Å². The van der Waals surface area contributed by atoms with Crippen molar-refractivity contribution in [1.29, 1.82) is 0 Å². The summed E-state index contributed by atoms with van der Waals surface area (Å²) in [6.07, 6.45) is 1.58. The van der Waals surface area contributed by atoms with Gasteiger partial charge in [-0.25, -0.2) is 0 Å². The minimum absolute atomic E-state index is 0.0765. The summed E-state index contributed by atoms with van der Waals surface area (Å²) in [6, 6.07) is 15.0. The third-order valence-corrected chi connectivity index (χ3v) is 5.19. The van der Waals surface area contributed by atoms with Crippen LogP contribution in [-0.4, -0.2) is 32.2 Å². The Morgan fingerprint density at radius 2 is 1.85 bits per heavy atom. The van der Waals surface area contributed by atoms with Gasteiger partial charge in [0, 0.05) is 11.3 Å². The van der Waals surface area contributed by atoms with E-state index in [9.17, 15) is 14.7 Å². The fourth-order valence-electron chi connectivity index (χ4n) is 2.45. The Morgan fingerprint density at radius 1 is 1.19 bits per heavy atom. The van der Waals surface area contributed by atoms with Gasteiger partial charge in [-0.15, -0.1) is 0 Å². The van der Waals surface area contributed by atoms with E-state index in [1.54, 1.807) is 49.4 Å². The highest BCUT2D eigenvalue weighted by Crippen LogP contribution is 2.35. The van der Waals surface area contributed by atoms with Crippen LogP contribution in [0.3, 0.4) is 0 Å². The Morgan fingerprint density at radius 3 is 2.54 bits per heavy atom. The highest BCUT2D eigenvalue weighted by Gasteiger charge is 2.38. The quantitative estimate of drug-likeness (QED) is 0.622. The molecule has 2 aromatic rings. The van der Waals surface area contributed by atoms with E-state index in [4.69, 9.17) is 12.2 Å². The van der Waals surface area contributed by atoms with E-state index in [1.165, 1.54) is 4.90 Å². The fourth-order valence-corrected chi connectivity index (χ4v) is 3.86. The standard InChI is InChI=1S/C19H16N2O3S2/c1-12(17(23)20-14-8-3-2-4-9-14)21-18(24)16(26-19(21)25)11-13-7-5-6-10-15(13)22/h2-12,22H,1H3,(H,20,23)/b16-11-. The van der Waals surface area contributed by atoms with Gasteiger partial charge in [0.15, 0.2) is 0 Å². The number of carbonyl (C=O) groups is 2. The SMILES string of the molecule is CC(C(=O)Nc1ccccc1)N1C(=O)/C(=C/c2ccccc2O)SC1=S. The second-order valence-electron chi connectivity index (χ2n) is 5.64. The summed E-state index contributed by atoms with van der Waals surface area (Å²) in [5.74, 6) is -0.595. The summed E-state index contributed by atoms with van der Waals surface area (Å²) in [7, 11) is 0. The summed E-state index contributed by atoms with van der Waals surface area (Å²) in [4.78, 5) is 26.9. The molecule has 0 saturated carbocycles. The first-order valence-electron chi connectivity index (χ1n) is 7.88. The lowest BCUT2D eigenvalue weighted by Crippen LogP contribution is -2.44. The van der Waals surface area contributed by atoms with Gasteiger partial charge < -0.3 is 10.4 Å². The number of amides is 2. The number of hydrogen-bond donors (Lipinski definition) is 2. The monoisotopic (exact) mass is 384 g/mol. The molecule has 1 heterocycles. The molecule has 1 aliphatic heterocycles. The van der Waals surface area contributed by atoms with E-state index in [0.717, 1.165) is 11.8 Å². The molecule has 0 aliphatic carbocycles. The van der Waals surface area contributed by atoms with Crippen LogP contribution in [0.2, 0.25) is 0 Å². The second-order valence-corrected chi connectivity index (χ2v) is 7.32. The van der Waals surface area contributed by atoms with Crippen LogP contribution < -0.4 is 5.32 Å². The second kappa shape index (κ2) is 7.72. The molecule has 2 amide bonds. The van der Waals surface area contributed by atoms with Gasteiger partial charge >= 0.3 is 0 Å². The molecular weight excluding hydrogens is 368 g/mol. The van der Waals surface area contributed by atoms with Gasteiger partial charge in [-0.3, -0.25) is 14.5 Å². The number of carbonyl (C=O) groups excluding carboxylic acids is 2. The van der Waals surface area contributed by atoms with Gasteiger partial charge in [-0.05, 0) is 31.2 Å². The van der Waals surface area contributed by atoms with Crippen LogP contribution in [0.15, 0.2) is 59.5 Å². The van der Waals surface area contributed by atoms with Crippen LogP contribution in [0.5, 0.6) is 5.75 Å². The number of nitrogens with one attached hydrogen (secondary N) is 1. The highest BCUT2D eigenvalue weighted by atomic mass is 32.2. The number of thiocarbonyl (C=S) groups is 1. The number of hydrogen-bond acceptors (Lipinski definition) is 5. The van der Waals surface area contributed by atoms with Gasteiger partial charge in [0.05, 0.1) is 4.91 Å². The lowest BCUT2D eigenvalue weighted by atomic mass is 10.2. The van der Waals surface area contributed by atoms with Crippen molar-refractivity contribution >= 4 is 51.9 Å². The van der Waals surface area contributed by atoms with Crippen molar-refractivity contribution in [3.8, 4) is 5.75 Å². The van der Waals surface area contributed by atoms with Crippen LogP contribution in [-0.2, 0) is 9.59 Å². The zero-order valence-electron chi connectivity index (χ0n) is 13.9. The van der Waals surface area contributed by atoms with Crippen molar-refractivity contribution in [2.45, 2.75) is 13.0 Å².